The molecular formula is C85H104B3Br3N18O10. The van der Waals surface area contributed by atoms with Crippen LogP contribution in [0, 0.1) is 0 Å². The lowest BCUT2D eigenvalue weighted by atomic mass is 9.49. The van der Waals surface area contributed by atoms with E-state index in [0.717, 1.165) is 117 Å². The minimum Gasteiger partial charge on any atom is -0.405 e. The van der Waals surface area contributed by atoms with Crippen LogP contribution in [-0.2, 0) is 75.2 Å². The first-order valence-electron chi connectivity index (χ1n) is 38.4. The number of aryl methyl sites for hydroxylation is 3. The highest BCUT2D eigenvalue weighted by molar-refractivity contribution is 9.11. The highest BCUT2D eigenvalue weighted by atomic mass is 79.9. The Hall–Kier alpha value is -9.64. The fourth-order valence-electron chi connectivity index (χ4n) is 13.5. The molecule has 11 aromatic rings. The van der Waals surface area contributed by atoms with Gasteiger partial charge in [0.1, 0.15) is 46.1 Å². The number of benzene rings is 4. The van der Waals surface area contributed by atoms with Crippen LogP contribution in [0.4, 0.5) is 5.82 Å². The zero-order valence-corrected chi connectivity index (χ0v) is 72.2. The lowest BCUT2D eigenvalue weighted by Crippen LogP contribution is -2.41. The Labute approximate surface area is 722 Å². The van der Waals surface area contributed by atoms with Gasteiger partial charge in [0, 0.05) is 128 Å². The fourth-order valence-corrected chi connectivity index (χ4v) is 14.4. The summed E-state index contributed by atoms with van der Waals surface area (Å²) in [6.45, 7) is 26.7. The van der Waals surface area contributed by atoms with Crippen molar-refractivity contribution in [3.05, 3.63) is 217 Å². The minimum absolute atomic E-state index is 0. The van der Waals surface area contributed by atoms with Crippen molar-refractivity contribution in [1.29, 1.82) is 0 Å². The number of anilines is 1. The number of nitrogens with zero attached hydrogens (tertiary/aromatic N) is 15. The molecule has 624 valence electrons. The molecule has 0 atom stereocenters. The number of hydrogen-bond donors (Lipinski definition) is 3. The molecule has 4 amide bonds. The van der Waals surface area contributed by atoms with Crippen molar-refractivity contribution >= 4 is 104 Å². The van der Waals surface area contributed by atoms with Gasteiger partial charge < -0.3 is 66.7 Å². The number of hydrogen-bond acceptors (Lipinski definition) is 19. The second-order valence-electron chi connectivity index (χ2n) is 32.6. The maximum absolute atomic E-state index is 13.2. The van der Waals surface area contributed by atoms with Crippen molar-refractivity contribution in [2.75, 3.05) is 4.90 Å². The Balaban J connectivity index is 0.000000140. The lowest BCUT2D eigenvalue weighted by Gasteiger charge is -2.32. The number of imidazole rings is 3. The molecule has 20 rings (SSSR count). The van der Waals surface area contributed by atoms with E-state index in [1.807, 2.05) is 246 Å². The van der Waals surface area contributed by atoms with Crippen molar-refractivity contribution in [3.8, 4) is 45.8 Å². The van der Waals surface area contributed by atoms with Crippen molar-refractivity contribution < 1.29 is 47.1 Å². The molecule has 2 saturated carbocycles. The molecule has 2 aliphatic carbocycles. The Morgan fingerprint density at radius 2 is 0.849 bits per heavy atom. The molecule has 0 radical (unpaired) electrons. The first-order chi connectivity index (χ1) is 55.0. The number of aromatic nitrogens is 14. The smallest absolute Gasteiger partial charge is 0.405 e. The predicted octanol–water partition coefficient (Wildman–Crippen LogP) is 15.3. The quantitative estimate of drug-likeness (QED) is 0.0893. The number of halogens is 3. The van der Waals surface area contributed by atoms with Crippen LogP contribution in [0.5, 0.6) is 0 Å². The van der Waals surface area contributed by atoms with E-state index in [2.05, 4.69) is 113 Å². The number of carbonyl (C=O) groups is 4. The van der Waals surface area contributed by atoms with Gasteiger partial charge in [0.25, 0.3) is 23.6 Å². The average Bonchev–Trinajstić information content (AvgIpc) is 1.59. The first-order valence-corrected chi connectivity index (χ1v) is 40.8. The van der Waals surface area contributed by atoms with Crippen molar-refractivity contribution in [1.82, 2.24) is 84.1 Å². The molecule has 34 heteroatoms. The predicted molar refractivity (Wildman–Crippen MR) is 472 cm³/mol. The number of fused-ring (bicyclic) bond motifs is 4. The van der Waals surface area contributed by atoms with Crippen LogP contribution < -0.4 is 26.3 Å². The van der Waals surface area contributed by atoms with Gasteiger partial charge in [-0.25, -0.2) is 24.9 Å². The van der Waals surface area contributed by atoms with Crippen molar-refractivity contribution in [2.45, 2.75) is 203 Å². The second kappa shape index (κ2) is 36.0. The highest BCUT2D eigenvalue weighted by Crippen LogP contribution is 2.45. The minimum atomic E-state index is -0.476. The van der Waals surface area contributed by atoms with Gasteiger partial charge in [-0.2, -0.15) is 0 Å². The molecule has 4 aromatic carbocycles. The molecule has 5 fully saturated rings. The van der Waals surface area contributed by atoms with Crippen LogP contribution in [0.3, 0.4) is 0 Å². The molecule has 0 unspecified atom stereocenters. The normalized spacial score (nSPS) is 18.2. The molecule has 28 nitrogen and oxygen atoms in total. The van der Waals surface area contributed by atoms with Gasteiger partial charge in [-0.1, -0.05) is 92.8 Å². The molecule has 119 heavy (non-hydrogen) atoms. The summed E-state index contributed by atoms with van der Waals surface area (Å²) < 4.78 is 48.4. The summed E-state index contributed by atoms with van der Waals surface area (Å²) in [5, 5.41) is 24.8. The molecule has 3 N–H and O–H groups in total. The summed E-state index contributed by atoms with van der Waals surface area (Å²) in [4.78, 5) is 70.9. The van der Waals surface area contributed by atoms with E-state index in [1.165, 1.54) is 12.8 Å². The third-order valence-electron chi connectivity index (χ3n) is 22.7. The Morgan fingerprint density at radius 1 is 0.437 bits per heavy atom. The van der Waals surface area contributed by atoms with E-state index in [9.17, 15) is 19.2 Å². The van der Waals surface area contributed by atoms with E-state index in [-0.39, 0.29) is 79.5 Å². The molecule has 7 aromatic heterocycles. The van der Waals surface area contributed by atoms with Crippen LogP contribution in [0.2, 0.25) is 0 Å². The van der Waals surface area contributed by atoms with Gasteiger partial charge in [0.2, 0.25) is 0 Å². The van der Waals surface area contributed by atoms with Gasteiger partial charge in [0.05, 0.1) is 40.2 Å². The van der Waals surface area contributed by atoms with Gasteiger partial charge in [-0.3, -0.25) is 24.1 Å². The zero-order chi connectivity index (χ0) is 82.6. The largest absolute Gasteiger partial charge is 0.494 e. The van der Waals surface area contributed by atoms with Crippen molar-refractivity contribution in [3.63, 3.8) is 0 Å². The van der Waals surface area contributed by atoms with Crippen LogP contribution in [0.25, 0.3) is 45.8 Å². The Morgan fingerprint density at radius 3 is 1.29 bits per heavy atom. The zero-order valence-electron chi connectivity index (χ0n) is 67.5. The summed E-state index contributed by atoms with van der Waals surface area (Å²) in [5.74, 6) is 3.91. The first kappa shape index (κ1) is 90.1. The molecule has 9 aliphatic rings. The fraction of sp³-hybridized carbons (Fsp3) is 0.400. The monoisotopic (exact) mass is 1810 g/mol. The van der Waals surface area contributed by atoms with Gasteiger partial charge in [-0.05, 0) is 223 Å². The summed E-state index contributed by atoms with van der Waals surface area (Å²) in [6.07, 6.45) is 19.2. The third kappa shape index (κ3) is 19.6. The van der Waals surface area contributed by atoms with Crippen LogP contribution in [0.1, 0.15) is 207 Å². The molecule has 0 bridgehead atoms. The summed E-state index contributed by atoms with van der Waals surface area (Å²) in [5.41, 5.74) is 9.38. The number of rotatable bonds is 9. The molecular weight excluding hydrogens is 1710 g/mol. The number of carbonyl (C=O) groups excluding carboxylic acids is 4. The lowest BCUT2D eigenvalue weighted by molar-refractivity contribution is 0.00578. The molecule has 0 spiro atoms. The van der Waals surface area contributed by atoms with E-state index in [4.69, 9.17) is 32.9 Å². The summed E-state index contributed by atoms with van der Waals surface area (Å²) in [7, 11) is 4.45. The standard InChI is InChI=1S/C22H19N7O.C14H18BNO3.C12H24B2O4.C12H11N3O.C10H9BrN4.C8H6BrNO.C4H5BrN2.3CH4/c1-27-10-9-23-20(27)14-5-6-15-12-28(22(30)17(15)11-14)19-4-2-3-18(25-19)21-26-24-13-29(21)16-7-8-16;1-13(2)14(3,4)19-15(18-13)10-6-5-9-8-16-12(17)11(9)7-10;1-9(2)10(3,4)16-13(15-9)14-17-11(5,6)12(7,8)18-14;1-15-5-4-13-11(15)8-2-3-9-7-14-12(16)10(9)6-8;11-9-3-1-2-8(13-9)10-14-12-6-15(10)7-4-5-7;9-6-2-1-5-4-10-8(11)7(5)3-6;1-7-3-2-6-4(7)5;;;/h2-6,9-11,13,16H,7-8,12H2,1H3;5-7H,8H2,1-4H3,(H,16,17);1-8H3;2-6H,7H2,1H3,(H,14,16);1-3,6-7H,4-5H2;1-3H,4H2,(H,10,11);2-3H,1H3;3*1H4. The second-order valence-corrected chi connectivity index (χ2v) is 35.0. The molecule has 14 heterocycles. The van der Waals surface area contributed by atoms with Crippen molar-refractivity contribution in [2.24, 2.45) is 21.1 Å². The maximum Gasteiger partial charge on any atom is 0.494 e. The Bertz CT molecular complexity index is 5420. The van der Waals surface area contributed by atoms with Crippen LogP contribution in [-0.4, -0.2) is 147 Å². The average molecular weight is 1810 g/mol. The molecule has 3 saturated heterocycles. The van der Waals surface area contributed by atoms with E-state index in [1.54, 1.807) is 36.1 Å². The van der Waals surface area contributed by atoms with Gasteiger partial charge in [-0.15, -0.1) is 20.4 Å². The highest BCUT2D eigenvalue weighted by Gasteiger charge is 2.64. The number of pyridine rings is 2. The summed E-state index contributed by atoms with van der Waals surface area (Å²) in [6, 6.07) is 35.9. The van der Waals surface area contributed by atoms with E-state index < -0.39 is 21.1 Å². The van der Waals surface area contributed by atoms with Gasteiger partial charge in [0.15, 0.2) is 16.4 Å². The van der Waals surface area contributed by atoms with E-state index in [0.29, 0.717) is 49.6 Å². The molecule has 7 aliphatic heterocycles. The summed E-state index contributed by atoms with van der Waals surface area (Å²) >= 11 is 9.89. The SMILES string of the molecule is Brc1cccc(-c2nncn2C2CC2)n1.C.C.C.CC1(C)OB(B2OC(C)(C)C(C)(C)O2)OC1(C)C.CC1(C)OB(c2ccc3c(c2)C(=O)NC3)OC1(C)C.Cn1ccnc1-c1ccc2c(c1)C(=O)N(c1cccc(-c3nncn3C3CC3)n1)C2.Cn1ccnc1-c1ccc2c(c1)C(=O)NC2.Cn1ccnc1Br.O=C1NCc2ccc(Br)cc21. The van der Waals surface area contributed by atoms with Crippen LogP contribution in [0.15, 0.2) is 173 Å². The number of nitrogens with one attached hydrogen (secondary N) is 3. The number of amides is 4. The maximum atomic E-state index is 13.2. The third-order valence-corrected chi connectivity index (χ3v) is 24.4. The van der Waals surface area contributed by atoms with E-state index >= 15 is 0 Å². The van der Waals surface area contributed by atoms with Crippen LogP contribution >= 0.6 is 47.8 Å². The Kier molecular flexibility index (Phi) is 27.2. The topological polar surface area (TPSA) is 304 Å². The van der Waals surface area contributed by atoms with Gasteiger partial charge >= 0.3 is 21.1 Å².